The first-order valence-corrected chi connectivity index (χ1v) is 7.29. The molecule has 0 N–H and O–H groups in total. The van der Waals surface area contributed by atoms with Crippen molar-refractivity contribution in [1.29, 1.82) is 0 Å². The van der Waals surface area contributed by atoms with Crippen LogP contribution in [0.1, 0.15) is 31.9 Å². The first kappa shape index (κ1) is 14.8. The molecule has 0 spiro atoms. The van der Waals surface area contributed by atoms with E-state index in [1.54, 1.807) is 0 Å². The molecule has 2 aromatic carbocycles. The molecule has 0 aromatic heterocycles. The normalized spacial score (nSPS) is 14.1. The summed E-state index contributed by atoms with van der Waals surface area (Å²) < 4.78 is 0. The second-order valence-electron chi connectivity index (χ2n) is 5.17. The second kappa shape index (κ2) is 6.23. The Labute approximate surface area is 126 Å². The predicted molar refractivity (Wildman–Crippen MR) is 87.8 cm³/mol. The van der Waals surface area contributed by atoms with Gasteiger partial charge in [0.25, 0.3) is 0 Å². The Balaban J connectivity index is 2.58. The van der Waals surface area contributed by atoms with Crippen molar-refractivity contribution < 1.29 is 0 Å². The number of halogens is 1. The number of aliphatic imine (C=N–C) groups is 1. The van der Waals surface area contributed by atoms with E-state index >= 15 is 0 Å². The molecular weight excluding hydrogens is 266 g/mol. The van der Waals surface area contributed by atoms with Gasteiger partial charge in [0.1, 0.15) is 5.54 Å². The average molecular weight is 286 g/mol. The minimum Gasteiger partial charge on any atom is -0.277 e. The Kier molecular flexibility index (Phi) is 4.61. The van der Waals surface area contributed by atoms with Gasteiger partial charge in [-0.3, -0.25) is 4.99 Å². The molecule has 0 aliphatic carbocycles. The van der Waals surface area contributed by atoms with E-state index in [9.17, 15) is 0 Å². The van der Waals surface area contributed by atoms with Crippen LogP contribution in [0.5, 0.6) is 0 Å². The zero-order valence-corrected chi connectivity index (χ0v) is 12.9. The van der Waals surface area contributed by atoms with Crippen molar-refractivity contribution in [3.05, 3.63) is 71.8 Å². The topological polar surface area (TPSA) is 12.4 Å². The van der Waals surface area contributed by atoms with Crippen LogP contribution in [-0.4, -0.2) is 11.1 Å². The van der Waals surface area contributed by atoms with Gasteiger partial charge in [-0.05, 0) is 31.9 Å². The summed E-state index contributed by atoms with van der Waals surface area (Å²) in [4.78, 5) is 4.93. The van der Waals surface area contributed by atoms with Gasteiger partial charge in [-0.2, -0.15) is 0 Å². The van der Waals surface area contributed by atoms with E-state index in [2.05, 4.69) is 31.2 Å². The highest BCUT2D eigenvalue weighted by molar-refractivity contribution is 6.31. The number of benzene rings is 2. The fourth-order valence-electron chi connectivity index (χ4n) is 2.26. The monoisotopic (exact) mass is 285 g/mol. The molecule has 20 heavy (non-hydrogen) atoms. The van der Waals surface area contributed by atoms with Crippen molar-refractivity contribution in [3.8, 4) is 0 Å². The van der Waals surface area contributed by atoms with Crippen molar-refractivity contribution in [2.45, 2.75) is 31.7 Å². The molecule has 2 heteroatoms. The third kappa shape index (κ3) is 3.10. The second-order valence-corrected chi connectivity index (χ2v) is 5.83. The van der Waals surface area contributed by atoms with Crippen LogP contribution < -0.4 is 0 Å². The van der Waals surface area contributed by atoms with Crippen LogP contribution in [0.25, 0.3) is 0 Å². The highest BCUT2D eigenvalue weighted by atomic mass is 35.5. The van der Waals surface area contributed by atoms with Crippen molar-refractivity contribution in [2.75, 3.05) is 0 Å². The van der Waals surface area contributed by atoms with Gasteiger partial charge < -0.3 is 0 Å². The van der Waals surface area contributed by atoms with Gasteiger partial charge in [-0.1, -0.05) is 60.7 Å². The fourth-order valence-corrected chi connectivity index (χ4v) is 2.31. The van der Waals surface area contributed by atoms with E-state index in [1.165, 1.54) is 11.1 Å². The van der Waals surface area contributed by atoms with Crippen molar-refractivity contribution in [1.82, 2.24) is 0 Å². The van der Waals surface area contributed by atoms with Gasteiger partial charge in [-0.25, -0.2) is 0 Å². The molecule has 0 aliphatic heterocycles. The standard InChI is InChI=1S/C18H20ClN/c1-14(19)15(2)20-18(3,16-10-6-4-7-11-16)17-12-8-5-9-13-17/h4-14H,1-3H3. The first-order chi connectivity index (χ1) is 9.54. The molecule has 104 valence electrons. The summed E-state index contributed by atoms with van der Waals surface area (Å²) in [6.45, 7) is 6.08. The lowest BCUT2D eigenvalue weighted by atomic mass is 9.85. The Hall–Kier alpha value is -1.60. The summed E-state index contributed by atoms with van der Waals surface area (Å²) in [5, 5.41) is -0.0678. The number of nitrogens with zero attached hydrogens (tertiary/aromatic N) is 1. The molecule has 0 bridgehead atoms. The van der Waals surface area contributed by atoms with E-state index < -0.39 is 5.54 Å². The Morgan fingerprint density at radius 2 is 1.35 bits per heavy atom. The molecule has 1 atom stereocenters. The molecule has 2 aromatic rings. The summed E-state index contributed by atoms with van der Waals surface area (Å²) in [5.41, 5.74) is 2.88. The predicted octanol–water partition coefficient (Wildman–Crippen LogP) is 5.04. The SMILES string of the molecule is CC(=NC(C)(c1ccccc1)c1ccccc1)C(C)Cl. The number of alkyl halides is 1. The Morgan fingerprint density at radius 1 is 0.950 bits per heavy atom. The number of hydrogen-bond donors (Lipinski definition) is 0. The third-order valence-electron chi connectivity index (χ3n) is 3.65. The highest BCUT2D eigenvalue weighted by Gasteiger charge is 2.28. The molecule has 1 unspecified atom stereocenters. The summed E-state index contributed by atoms with van der Waals surface area (Å²) in [6, 6.07) is 20.7. The minimum atomic E-state index is -0.407. The van der Waals surface area contributed by atoms with Crippen LogP contribution in [-0.2, 0) is 5.54 Å². The first-order valence-electron chi connectivity index (χ1n) is 6.85. The van der Waals surface area contributed by atoms with Crippen LogP contribution in [0.4, 0.5) is 0 Å². The van der Waals surface area contributed by atoms with Gasteiger partial charge in [0, 0.05) is 5.71 Å². The van der Waals surface area contributed by atoms with Crippen molar-refractivity contribution in [3.63, 3.8) is 0 Å². The summed E-state index contributed by atoms with van der Waals surface area (Å²) in [7, 11) is 0. The molecular formula is C18H20ClN. The molecule has 0 heterocycles. The van der Waals surface area contributed by atoms with E-state index in [-0.39, 0.29) is 5.38 Å². The summed E-state index contributed by atoms with van der Waals surface area (Å²) in [5.74, 6) is 0. The summed E-state index contributed by atoms with van der Waals surface area (Å²) >= 11 is 6.18. The average Bonchev–Trinajstić information content (AvgIpc) is 2.48. The third-order valence-corrected chi connectivity index (χ3v) is 3.96. The molecule has 0 aliphatic rings. The van der Waals surface area contributed by atoms with Crippen molar-refractivity contribution >= 4 is 17.3 Å². The molecule has 1 nitrogen and oxygen atoms in total. The zero-order chi connectivity index (χ0) is 14.6. The minimum absolute atomic E-state index is 0.0678. The summed E-state index contributed by atoms with van der Waals surface area (Å²) in [6.07, 6.45) is 0. The Bertz CT molecular complexity index is 533. The van der Waals surface area contributed by atoms with E-state index in [0.717, 1.165) is 5.71 Å². The van der Waals surface area contributed by atoms with E-state index in [4.69, 9.17) is 16.6 Å². The van der Waals surface area contributed by atoms with Crippen molar-refractivity contribution in [2.24, 2.45) is 4.99 Å². The molecule has 0 saturated carbocycles. The lowest BCUT2D eigenvalue weighted by Gasteiger charge is -2.28. The largest absolute Gasteiger partial charge is 0.277 e. The van der Waals surface area contributed by atoms with Gasteiger partial charge in [0.15, 0.2) is 0 Å². The fraction of sp³-hybridized carbons (Fsp3) is 0.278. The van der Waals surface area contributed by atoms with Crippen LogP contribution in [0, 0.1) is 0 Å². The van der Waals surface area contributed by atoms with Crippen LogP contribution in [0.3, 0.4) is 0 Å². The Morgan fingerprint density at radius 3 is 1.70 bits per heavy atom. The number of hydrogen-bond acceptors (Lipinski definition) is 1. The maximum absolute atomic E-state index is 6.18. The lowest BCUT2D eigenvalue weighted by molar-refractivity contribution is 0.604. The lowest BCUT2D eigenvalue weighted by Crippen LogP contribution is -2.24. The maximum atomic E-state index is 6.18. The van der Waals surface area contributed by atoms with E-state index in [1.807, 2.05) is 50.2 Å². The quantitative estimate of drug-likeness (QED) is 0.551. The van der Waals surface area contributed by atoms with Crippen LogP contribution in [0.15, 0.2) is 65.7 Å². The van der Waals surface area contributed by atoms with Gasteiger partial charge >= 0.3 is 0 Å². The van der Waals surface area contributed by atoms with Crippen LogP contribution in [0.2, 0.25) is 0 Å². The smallest absolute Gasteiger partial charge is 0.108 e. The highest BCUT2D eigenvalue weighted by Crippen LogP contribution is 2.33. The molecule has 2 rings (SSSR count). The van der Waals surface area contributed by atoms with E-state index in [0.29, 0.717) is 0 Å². The van der Waals surface area contributed by atoms with Gasteiger partial charge in [0.2, 0.25) is 0 Å². The van der Waals surface area contributed by atoms with Crippen LogP contribution >= 0.6 is 11.6 Å². The molecule has 0 radical (unpaired) electrons. The molecule has 0 fully saturated rings. The van der Waals surface area contributed by atoms with Gasteiger partial charge in [-0.15, -0.1) is 11.6 Å². The number of rotatable bonds is 4. The molecule has 0 saturated heterocycles. The zero-order valence-electron chi connectivity index (χ0n) is 12.2. The van der Waals surface area contributed by atoms with Gasteiger partial charge in [0.05, 0.1) is 5.38 Å². The molecule has 0 amide bonds. The maximum Gasteiger partial charge on any atom is 0.108 e.